The van der Waals surface area contributed by atoms with Crippen LogP contribution < -0.4 is 10.6 Å². The van der Waals surface area contributed by atoms with Gasteiger partial charge in [0.25, 0.3) is 0 Å². The van der Waals surface area contributed by atoms with Crippen LogP contribution in [0.3, 0.4) is 0 Å². The van der Waals surface area contributed by atoms with Crippen molar-refractivity contribution in [3.8, 4) is 0 Å². The molecule has 0 spiro atoms. The molecule has 3 heterocycles. The highest BCUT2D eigenvalue weighted by Gasteiger charge is 2.56. The molecule has 0 saturated carbocycles. The maximum absolute atomic E-state index is 12.5. The smallest absolute Gasteiger partial charge is 0.343 e. The minimum absolute atomic E-state index is 0.209. The van der Waals surface area contributed by atoms with E-state index in [2.05, 4.69) is 15.6 Å². The summed E-state index contributed by atoms with van der Waals surface area (Å²) in [5, 5.41) is 6.74. The zero-order chi connectivity index (χ0) is 26.0. The van der Waals surface area contributed by atoms with E-state index in [0.29, 0.717) is 5.04 Å². The quantitative estimate of drug-likeness (QED) is 0.408. The minimum atomic E-state index is -1.03. The molecule has 13 heteroatoms. The molecule has 1 aromatic rings. The summed E-state index contributed by atoms with van der Waals surface area (Å²) < 4.78 is 22.2. The van der Waals surface area contributed by atoms with Crippen LogP contribution in [0.2, 0.25) is 0 Å². The number of aryl methyl sites for hydroxylation is 1. The number of amides is 2. The van der Waals surface area contributed by atoms with Crippen molar-refractivity contribution >= 4 is 40.7 Å². The summed E-state index contributed by atoms with van der Waals surface area (Å²) >= 11 is 1.38. The van der Waals surface area contributed by atoms with Gasteiger partial charge in [0.1, 0.15) is 23.9 Å². The number of carbonyl (C=O) groups excluding carboxylic acids is 4. The molecule has 0 bridgehead atoms. The SMILES string of the molecule is CC(=O)OC[C@H]1O[C@@H](N2CNC3C(Sc4ccc(C)cc4)=NC(=O)NC32)C(OC(C)=O)C1OC(C)=O. The Morgan fingerprint density at radius 2 is 1.75 bits per heavy atom. The fourth-order valence-corrected chi connectivity index (χ4v) is 5.33. The minimum Gasteiger partial charge on any atom is -0.463 e. The number of ether oxygens (including phenoxy) is 4. The van der Waals surface area contributed by atoms with E-state index >= 15 is 0 Å². The number of urea groups is 1. The molecule has 4 rings (SSSR count). The first-order chi connectivity index (χ1) is 17.1. The van der Waals surface area contributed by atoms with E-state index < -0.39 is 54.6 Å². The van der Waals surface area contributed by atoms with Crippen LogP contribution in [0.5, 0.6) is 0 Å². The molecule has 3 aliphatic rings. The molecule has 2 amide bonds. The van der Waals surface area contributed by atoms with Crippen LogP contribution in [0.4, 0.5) is 4.79 Å². The van der Waals surface area contributed by atoms with Crippen LogP contribution >= 0.6 is 11.8 Å². The molecule has 12 nitrogen and oxygen atoms in total. The third kappa shape index (κ3) is 5.86. The number of aliphatic imine (C=N–C) groups is 1. The second kappa shape index (κ2) is 10.9. The molecule has 2 saturated heterocycles. The van der Waals surface area contributed by atoms with E-state index in [-0.39, 0.29) is 19.3 Å². The van der Waals surface area contributed by atoms with Gasteiger partial charge in [-0.05, 0) is 19.1 Å². The number of nitrogens with one attached hydrogen (secondary N) is 2. The summed E-state index contributed by atoms with van der Waals surface area (Å²) in [5.41, 5.74) is 1.12. The first kappa shape index (κ1) is 26.1. The average Bonchev–Trinajstić information content (AvgIpc) is 3.35. The lowest BCUT2D eigenvalue weighted by Crippen LogP contribution is -2.59. The van der Waals surface area contributed by atoms with E-state index in [0.717, 1.165) is 10.5 Å². The van der Waals surface area contributed by atoms with Gasteiger partial charge >= 0.3 is 23.9 Å². The predicted molar refractivity (Wildman–Crippen MR) is 127 cm³/mol. The van der Waals surface area contributed by atoms with Gasteiger partial charge in [-0.15, -0.1) is 0 Å². The molecule has 0 aromatic heterocycles. The lowest BCUT2D eigenvalue weighted by atomic mass is 10.1. The number of rotatable bonds is 6. The first-order valence-corrected chi connectivity index (χ1v) is 12.2. The first-order valence-electron chi connectivity index (χ1n) is 11.4. The highest BCUT2D eigenvalue weighted by Crippen LogP contribution is 2.34. The number of nitrogens with zero attached hydrogens (tertiary/aromatic N) is 2. The van der Waals surface area contributed by atoms with Crippen molar-refractivity contribution in [2.75, 3.05) is 13.3 Å². The summed E-state index contributed by atoms with van der Waals surface area (Å²) in [5.74, 6) is -1.75. The van der Waals surface area contributed by atoms with Crippen molar-refractivity contribution in [2.24, 2.45) is 4.99 Å². The highest BCUT2D eigenvalue weighted by molar-refractivity contribution is 8.14. The lowest BCUT2D eigenvalue weighted by molar-refractivity contribution is -0.168. The van der Waals surface area contributed by atoms with Crippen LogP contribution in [0.25, 0.3) is 0 Å². The van der Waals surface area contributed by atoms with Gasteiger partial charge in [0.2, 0.25) is 0 Å². The number of hydrogen-bond donors (Lipinski definition) is 2. The van der Waals surface area contributed by atoms with Crippen LogP contribution in [0, 0.1) is 6.92 Å². The number of fused-ring (bicyclic) bond motifs is 1. The van der Waals surface area contributed by atoms with Crippen molar-refractivity contribution in [3.63, 3.8) is 0 Å². The molecule has 4 unspecified atom stereocenters. The number of hydrogen-bond acceptors (Lipinski definition) is 11. The Morgan fingerprint density at radius 1 is 1.08 bits per heavy atom. The molecule has 2 fully saturated rings. The second-order valence-electron chi connectivity index (χ2n) is 8.63. The van der Waals surface area contributed by atoms with Gasteiger partial charge in [-0.1, -0.05) is 29.5 Å². The fraction of sp³-hybridized carbons (Fsp3) is 0.522. The maximum Gasteiger partial charge on any atom is 0.343 e. The largest absolute Gasteiger partial charge is 0.463 e. The van der Waals surface area contributed by atoms with E-state index in [9.17, 15) is 19.2 Å². The second-order valence-corrected chi connectivity index (χ2v) is 9.72. The summed E-state index contributed by atoms with van der Waals surface area (Å²) in [6.45, 7) is 5.73. The average molecular weight is 521 g/mol. The van der Waals surface area contributed by atoms with Gasteiger partial charge < -0.3 is 24.3 Å². The third-order valence-electron chi connectivity index (χ3n) is 5.83. The van der Waals surface area contributed by atoms with Crippen LogP contribution in [-0.2, 0) is 33.3 Å². The Labute approximate surface area is 212 Å². The van der Waals surface area contributed by atoms with Gasteiger partial charge in [-0.2, -0.15) is 4.99 Å². The van der Waals surface area contributed by atoms with Gasteiger partial charge in [0.15, 0.2) is 18.4 Å². The number of carbonyl (C=O) groups is 4. The van der Waals surface area contributed by atoms with E-state index in [1.54, 1.807) is 4.90 Å². The number of benzene rings is 1. The van der Waals surface area contributed by atoms with Crippen molar-refractivity contribution in [1.82, 2.24) is 15.5 Å². The molecular weight excluding hydrogens is 492 g/mol. The zero-order valence-electron chi connectivity index (χ0n) is 20.3. The monoisotopic (exact) mass is 520 g/mol. The maximum atomic E-state index is 12.5. The topological polar surface area (TPSA) is 145 Å². The Bertz CT molecular complexity index is 1060. The van der Waals surface area contributed by atoms with Gasteiger partial charge in [-0.25, -0.2) is 9.69 Å². The normalized spacial score (nSPS) is 29.7. The summed E-state index contributed by atoms with van der Waals surface area (Å²) in [6, 6.07) is 6.98. The summed E-state index contributed by atoms with van der Waals surface area (Å²) in [6.07, 6.45) is -4.44. The molecule has 1 aromatic carbocycles. The summed E-state index contributed by atoms with van der Waals surface area (Å²) in [7, 11) is 0. The van der Waals surface area contributed by atoms with Crippen LogP contribution in [-0.4, -0.2) is 83.9 Å². The Hall–Kier alpha value is -3.00. The molecule has 194 valence electrons. The third-order valence-corrected chi connectivity index (χ3v) is 6.89. The Kier molecular flexibility index (Phi) is 7.93. The fourth-order valence-electron chi connectivity index (χ4n) is 4.34. The van der Waals surface area contributed by atoms with Crippen molar-refractivity contribution < 1.29 is 38.1 Å². The Morgan fingerprint density at radius 3 is 2.39 bits per heavy atom. The van der Waals surface area contributed by atoms with E-state index in [4.69, 9.17) is 18.9 Å². The molecule has 3 aliphatic heterocycles. The molecule has 36 heavy (non-hydrogen) atoms. The van der Waals surface area contributed by atoms with Crippen LogP contribution in [0.1, 0.15) is 26.3 Å². The molecule has 6 atom stereocenters. The molecule has 0 aliphatic carbocycles. The Balaban J connectivity index is 1.58. The standard InChI is InChI=1S/C23H28N4O8S/c1-11-5-7-15(8-6-11)36-21-17-20(25-23(31)26-21)27(10-24-17)22-19(34-14(4)30)18(33-13(3)29)16(35-22)9-32-12(2)28/h5-8,16-20,22,24H,9-10H2,1-4H3,(H,25,31)/t16-,17?,18?,19?,20?,22-/m1/s1. The van der Waals surface area contributed by atoms with Crippen LogP contribution in [0.15, 0.2) is 34.2 Å². The van der Waals surface area contributed by atoms with Gasteiger partial charge in [-0.3, -0.25) is 19.7 Å². The number of thioether (sulfide) groups is 1. The van der Waals surface area contributed by atoms with Gasteiger partial charge in [0.05, 0.1) is 12.7 Å². The van der Waals surface area contributed by atoms with Crippen molar-refractivity contribution in [3.05, 3.63) is 29.8 Å². The van der Waals surface area contributed by atoms with Gasteiger partial charge in [0, 0.05) is 25.7 Å². The molecular formula is C23H28N4O8S. The molecule has 0 radical (unpaired) electrons. The lowest BCUT2D eigenvalue weighted by Gasteiger charge is -2.35. The summed E-state index contributed by atoms with van der Waals surface area (Å²) in [4.78, 5) is 54.6. The van der Waals surface area contributed by atoms with E-state index in [1.807, 2.05) is 31.2 Å². The zero-order valence-corrected chi connectivity index (χ0v) is 21.1. The van der Waals surface area contributed by atoms with E-state index in [1.165, 1.54) is 32.5 Å². The van der Waals surface area contributed by atoms with Crippen molar-refractivity contribution in [2.45, 2.75) is 69.3 Å². The highest BCUT2D eigenvalue weighted by atomic mass is 32.2. The van der Waals surface area contributed by atoms with Crippen molar-refractivity contribution in [1.29, 1.82) is 0 Å². The predicted octanol–water partition coefficient (Wildman–Crippen LogP) is 0.918. The molecule has 2 N–H and O–H groups in total. The number of esters is 3.